The number of amides is 1. The number of aromatic amines is 1. The van der Waals surface area contributed by atoms with Gasteiger partial charge in [0.1, 0.15) is 10.6 Å². The molecule has 1 rings (SSSR count). The van der Waals surface area contributed by atoms with Crippen molar-refractivity contribution in [1.82, 2.24) is 10.2 Å². The zero-order valence-corrected chi connectivity index (χ0v) is 11.2. The highest BCUT2D eigenvalue weighted by molar-refractivity contribution is 7.92. The Morgan fingerprint density at radius 3 is 2.59 bits per heavy atom. The first-order valence-corrected chi connectivity index (χ1v) is 7.12. The summed E-state index contributed by atoms with van der Waals surface area (Å²) in [5, 5.41) is 8.99. The number of aryl methyl sites for hydroxylation is 1. The number of sulfone groups is 1. The van der Waals surface area contributed by atoms with E-state index >= 15 is 0 Å². The molecule has 2 N–H and O–H groups in total. The van der Waals surface area contributed by atoms with E-state index in [2.05, 4.69) is 15.5 Å². The number of anilines is 1. The number of carbonyl (C=O) groups is 1. The van der Waals surface area contributed by atoms with Crippen LogP contribution >= 0.6 is 0 Å². The molecule has 6 nitrogen and oxygen atoms in total. The van der Waals surface area contributed by atoms with Crippen LogP contribution in [0.1, 0.15) is 26.3 Å². The molecule has 0 saturated carbocycles. The molecule has 96 valence electrons. The van der Waals surface area contributed by atoms with Gasteiger partial charge in [-0.3, -0.25) is 9.89 Å². The van der Waals surface area contributed by atoms with Crippen molar-refractivity contribution in [2.75, 3.05) is 11.6 Å². The number of hydrogen-bond donors (Lipinski definition) is 2. The second-order valence-electron chi connectivity index (χ2n) is 4.36. The first-order chi connectivity index (χ1) is 7.70. The summed E-state index contributed by atoms with van der Waals surface area (Å²) in [4.78, 5) is 11.9. The summed E-state index contributed by atoms with van der Waals surface area (Å²) in [5.74, 6) is -0.117. The Balaban J connectivity index is 2.95. The summed E-state index contributed by atoms with van der Waals surface area (Å²) < 4.78 is 21.5. The quantitative estimate of drug-likeness (QED) is 0.834. The third kappa shape index (κ3) is 2.66. The number of H-pyrrole nitrogens is 1. The van der Waals surface area contributed by atoms with Crippen LogP contribution in [0, 0.1) is 0 Å². The van der Waals surface area contributed by atoms with Gasteiger partial charge < -0.3 is 5.32 Å². The average molecular weight is 259 g/mol. The summed E-state index contributed by atoms with van der Waals surface area (Å²) in [5.41, 5.74) is 0.836. The van der Waals surface area contributed by atoms with Gasteiger partial charge in [-0.2, -0.15) is 5.10 Å². The highest BCUT2D eigenvalue weighted by atomic mass is 32.2. The van der Waals surface area contributed by atoms with Crippen LogP contribution in [0.4, 0.5) is 5.82 Å². The van der Waals surface area contributed by atoms with Crippen molar-refractivity contribution >= 4 is 21.6 Å². The lowest BCUT2D eigenvalue weighted by Gasteiger charge is -2.21. The third-order valence-corrected chi connectivity index (χ3v) is 4.85. The van der Waals surface area contributed by atoms with Gasteiger partial charge in [-0.25, -0.2) is 8.42 Å². The van der Waals surface area contributed by atoms with Gasteiger partial charge >= 0.3 is 0 Å². The standard InChI is InChI=1S/C10H17N3O3S/c1-5-7-6-11-13-8(7)12-9(14)10(2,3)17(4,15)16/h6H,5H2,1-4H3,(H2,11,12,13,14). The molecule has 0 aliphatic carbocycles. The van der Waals surface area contributed by atoms with Crippen molar-refractivity contribution in [2.45, 2.75) is 31.9 Å². The molecule has 0 spiro atoms. The van der Waals surface area contributed by atoms with Crippen LogP contribution in [0.5, 0.6) is 0 Å². The predicted octanol–water partition coefficient (Wildman–Crippen LogP) is 0.734. The molecule has 0 fully saturated rings. The fourth-order valence-electron chi connectivity index (χ4n) is 1.12. The smallest absolute Gasteiger partial charge is 0.246 e. The van der Waals surface area contributed by atoms with Crippen molar-refractivity contribution in [2.24, 2.45) is 0 Å². The maximum absolute atomic E-state index is 11.9. The van der Waals surface area contributed by atoms with Crippen LogP contribution in [0.25, 0.3) is 0 Å². The Morgan fingerprint density at radius 1 is 1.53 bits per heavy atom. The van der Waals surface area contributed by atoms with E-state index in [-0.39, 0.29) is 0 Å². The van der Waals surface area contributed by atoms with Gasteiger partial charge in [-0.05, 0) is 20.3 Å². The summed E-state index contributed by atoms with van der Waals surface area (Å²) >= 11 is 0. The Morgan fingerprint density at radius 2 is 2.12 bits per heavy atom. The molecule has 0 aromatic carbocycles. The van der Waals surface area contributed by atoms with Crippen molar-refractivity contribution < 1.29 is 13.2 Å². The van der Waals surface area contributed by atoms with Gasteiger partial charge in [0.25, 0.3) is 0 Å². The molecular weight excluding hydrogens is 242 g/mol. The summed E-state index contributed by atoms with van der Waals surface area (Å²) in [6.07, 6.45) is 3.34. The van der Waals surface area contributed by atoms with E-state index in [1.165, 1.54) is 13.8 Å². The lowest BCUT2D eigenvalue weighted by molar-refractivity contribution is -0.117. The van der Waals surface area contributed by atoms with E-state index in [1.807, 2.05) is 6.92 Å². The van der Waals surface area contributed by atoms with Gasteiger partial charge in [0.05, 0.1) is 6.20 Å². The molecule has 0 unspecified atom stereocenters. The van der Waals surface area contributed by atoms with E-state index < -0.39 is 20.5 Å². The fraction of sp³-hybridized carbons (Fsp3) is 0.600. The van der Waals surface area contributed by atoms with Crippen LogP contribution in [0.3, 0.4) is 0 Å². The van der Waals surface area contributed by atoms with Gasteiger partial charge in [0.2, 0.25) is 5.91 Å². The second kappa shape index (κ2) is 4.48. The number of hydrogen-bond acceptors (Lipinski definition) is 4. The molecule has 1 heterocycles. The minimum absolute atomic E-state index is 0.453. The van der Waals surface area contributed by atoms with Crippen molar-refractivity contribution in [3.8, 4) is 0 Å². The zero-order chi connectivity index (χ0) is 13.3. The molecule has 0 aliphatic rings. The molecule has 7 heteroatoms. The lowest BCUT2D eigenvalue weighted by Crippen LogP contribution is -2.44. The number of nitrogens with one attached hydrogen (secondary N) is 2. The van der Waals surface area contributed by atoms with Gasteiger partial charge in [0.15, 0.2) is 9.84 Å². The van der Waals surface area contributed by atoms with Crippen molar-refractivity contribution in [3.63, 3.8) is 0 Å². The van der Waals surface area contributed by atoms with Crippen molar-refractivity contribution in [3.05, 3.63) is 11.8 Å². The summed E-state index contributed by atoms with van der Waals surface area (Å²) in [6, 6.07) is 0. The van der Waals surface area contributed by atoms with Crippen LogP contribution in [-0.4, -0.2) is 35.5 Å². The first kappa shape index (κ1) is 13.7. The Labute approximate surface area is 101 Å². The van der Waals surface area contributed by atoms with E-state index in [4.69, 9.17) is 0 Å². The maximum Gasteiger partial charge on any atom is 0.246 e. The van der Waals surface area contributed by atoms with Crippen LogP contribution in [-0.2, 0) is 21.1 Å². The Kier molecular flexibility index (Phi) is 3.61. The normalized spacial score (nSPS) is 12.5. The van der Waals surface area contributed by atoms with Gasteiger partial charge in [0, 0.05) is 11.8 Å². The number of nitrogens with zero attached hydrogens (tertiary/aromatic N) is 1. The minimum Gasteiger partial charge on any atom is -0.309 e. The van der Waals surface area contributed by atoms with E-state index in [9.17, 15) is 13.2 Å². The Hall–Kier alpha value is -1.37. The highest BCUT2D eigenvalue weighted by Gasteiger charge is 2.38. The average Bonchev–Trinajstić information content (AvgIpc) is 2.63. The van der Waals surface area contributed by atoms with E-state index in [0.717, 1.165) is 11.8 Å². The summed E-state index contributed by atoms with van der Waals surface area (Å²) in [6.45, 7) is 4.67. The molecular formula is C10H17N3O3S. The second-order valence-corrected chi connectivity index (χ2v) is 6.93. The molecule has 0 radical (unpaired) electrons. The van der Waals surface area contributed by atoms with Crippen LogP contribution in [0.15, 0.2) is 6.20 Å². The fourth-order valence-corrected chi connectivity index (χ4v) is 1.51. The third-order valence-electron chi connectivity index (χ3n) is 2.81. The molecule has 0 atom stereocenters. The lowest BCUT2D eigenvalue weighted by atomic mass is 10.2. The van der Waals surface area contributed by atoms with Crippen LogP contribution in [0.2, 0.25) is 0 Å². The molecule has 1 amide bonds. The van der Waals surface area contributed by atoms with Crippen LogP contribution < -0.4 is 5.32 Å². The molecule has 0 saturated heterocycles. The van der Waals surface area contributed by atoms with Gasteiger partial charge in [-0.1, -0.05) is 6.92 Å². The summed E-state index contributed by atoms with van der Waals surface area (Å²) in [7, 11) is -3.47. The van der Waals surface area contributed by atoms with E-state index in [1.54, 1.807) is 6.20 Å². The molecule has 0 bridgehead atoms. The SMILES string of the molecule is CCc1cn[nH]c1NC(=O)C(C)(C)S(C)(=O)=O. The number of carbonyl (C=O) groups excluding carboxylic acids is 1. The van der Waals surface area contributed by atoms with E-state index in [0.29, 0.717) is 12.2 Å². The predicted molar refractivity (Wildman–Crippen MR) is 65.5 cm³/mol. The first-order valence-electron chi connectivity index (χ1n) is 5.23. The molecule has 1 aromatic heterocycles. The van der Waals surface area contributed by atoms with Crippen molar-refractivity contribution in [1.29, 1.82) is 0 Å². The topological polar surface area (TPSA) is 91.9 Å². The Bertz CT molecular complexity index is 517. The molecule has 1 aromatic rings. The largest absolute Gasteiger partial charge is 0.309 e. The number of rotatable bonds is 4. The maximum atomic E-state index is 11.9. The van der Waals surface area contributed by atoms with Gasteiger partial charge in [-0.15, -0.1) is 0 Å². The molecule has 17 heavy (non-hydrogen) atoms. The highest BCUT2D eigenvalue weighted by Crippen LogP contribution is 2.19. The zero-order valence-electron chi connectivity index (χ0n) is 10.4. The number of aromatic nitrogens is 2. The monoisotopic (exact) mass is 259 g/mol. The molecule has 0 aliphatic heterocycles. The minimum atomic E-state index is -3.47.